The van der Waals surface area contributed by atoms with Gasteiger partial charge in [-0.15, -0.1) is 8.78 Å². The summed E-state index contributed by atoms with van der Waals surface area (Å²) >= 11 is 0. The van der Waals surface area contributed by atoms with Crippen LogP contribution in [0.15, 0.2) is 42.5 Å². The molecule has 30 heavy (non-hydrogen) atoms. The summed E-state index contributed by atoms with van der Waals surface area (Å²) in [5, 5.41) is 0. The van der Waals surface area contributed by atoms with Crippen LogP contribution >= 0.6 is 0 Å². The number of benzene rings is 2. The second kappa shape index (κ2) is 9.11. The third-order valence-corrected chi connectivity index (χ3v) is 6.60. The Morgan fingerprint density at radius 3 is 2.10 bits per heavy atom. The third-order valence-electron chi connectivity index (χ3n) is 6.60. The lowest BCUT2D eigenvalue weighted by atomic mass is 9.77. The van der Waals surface area contributed by atoms with Crippen LogP contribution in [-0.4, -0.2) is 19.5 Å². The first-order valence-electron chi connectivity index (χ1n) is 11.0. The van der Waals surface area contributed by atoms with E-state index in [2.05, 4.69) is 40.7 Å². The molecule has 4 rings (SSSR count). The predicted octanol–water partition coefficient (Wildman–Crippen LogP) is 7.25. The van der Waals surface area contributed by atoms with Gasteiger partial charge in [0.15, 0.2) is 0 Å². The summed E-state index contributed by atoms with van der Waals surface area (Å²) in [4.78, 5) is 0. The summed E-state index contributed by atoms with van der Waals surface area (Å²) in [5.74, 6) is 0.547. The van der Waals surface area contributed by atoms with Gasteiger partial charge in [-0.3, -0.25) is 9.47 Å². The largest absolute Gasteiger partial charge is 0.485 e. The van der Waals surface area contributed by atoms with Crippen LogP contribution in [0.3, 0.4) is 0 Å². The third kappa shape index (κ3) is 4.89. The molecule has 0 aromatic heterocycles. The lowest BCUT2D eigenvalue weighted by Gasteiger charge is -2.29. The first-order chi connectivity index (χ1) is 14.4. The van der Waals surface area contributed by atoms with E-state index >= 15 is 0 Å². The summed E-state index contributed by atoms with van der Waals surface area (Å²) in [6, 6.07) is 13.4. The van der Waals surface area contributed by atoms with Crippen LogP contribution in [0.1, 0.15) is 68.4 Å². The molecule has 0 spiro atoms. The molecular formula is C25H29F3O2. The molecule has 0 amide bonds. The van der Waals surface area contributed by atoms with E-state index in [-0.39, 0.29) is 13.2 Å². The Morgan fingerprint density at radius 1 is 0.867 bits per heavy atom. The van der Waals surface area contributed by atoms with Crippen molar-refractivity contribution >= 4 is 0 Å². The summed E-state index contributed by atoms with van der Waals surface area (Å²) < 4.78 is 49.3. The lowest BCUT2D eigenvalue weighted by molar-refractivity contribution is -0.414. The van der Waals surface area contributed by atoms with Gasteiger partial charge < -0.3 is 0 Å². The van der Waals surface area contributed by atoms with Crippen molar-refractivity contribution in [3.8, 4) is 11.1 Å². The number of alkyl halides is 2. The minimum atomic E-state index is -3.58. The predicted molar refractivity (Wildman–Crippen MR) is 111 cm³/mol. The van der Waals surface area contributed by atoms with E-state index in [9.17, 15) is 13.2 Å². The van der Waals surface area contributed by atoms with Crippen LogP contribution < -0.4 is 0 Å². The zero-order chi connectivity index (χ0) is 21.1. The molecule has 1 aliphatic carbocycles. The second-order valence-corrected chi connectivity index (χ2v) is 8.65. The van der Waals surface area contributed by atoms with Gasteiger partial charge in [0, 0.05) is 5.92 Å². The Labute approximate surface area is 176 Å². The Bertz CT molecular complexity index is 832. The minimum absolute atomic E-state index is 0.265. The molecule has 2 aromatic rings. The number of halogens is 3. The summed E-state index contributed by atoms with van der Waals surface area (Å²) in [6.07, 6.45) is 4.15. The number of rotatable bonds is 5. The van der Waals surface area contributed by atoms with Gasteiger partial charge in [0.25, 0.3) is 0 Å². The van der Waals surface area contributed by atoms with Crippen molar-refractivity contribution in [3.63, 3.8) is 0 Å². The smallest absolute Gasteiger partial charge is 0.295 e. The monoisotopic (exact) mass is 418 g/mol. The molecule has 2 aliphatic rings. The average Bonchev–Trinajstić information content (AvgIpc) is 2.75. The first kappa shape index (κ1) is 21.4. The van der Waals surface area contributed by atoms with Gasteiger partial charge in [-0.1, -0.05) is 56.2 Å². The topological polar surface area (TPSA) is 18.5 Å². The Balaban J connectivity index is 1.42. The highest BCUT2D eigenvalue weighted by Crippen LogP contribution is 2.38. The van der Waals surface area contributed by atoms with Gasteiger partial charge in [0.2, 0.25) is 0 Å². The van der Waals surface area contributed by atoms with E-state index in [0.29, 0.717) is 11.5 Å². The van der Waals surface area contributed by atoms with Crippen molar-refractivity contribution in [2.45, 2.75) is 63.6 Å². The molecule has 2 fully saturated rings. The van der Waals surface area contributed by atoms with Crippen molar-refractivity contribution < 1.29 is 22.6 Å². The standard InChI is InChI=1S/C25H29F3O2/c1-2-3-17-4-6-18(7-5-17)19-8-10-20(11-9-19)21-12-13-23(24(26)14-21)22-15-29-25(27,28)30-16-22/h8-14,17-18,22H,2-7,15-16H2,1H3. The molecule has 0 unspecified atom stereocenters. The molecule has 0 bridgehead atoms. The van der Waals surface area contributed by atoms with E-state index in [4.69, 9.17) is 0 Å². The first-order valence-corrected chi connectivity index (χ1v) is 11.0. The van der Waals surface area contributed by atoms with E-state index in [1.807, 2.05) is 6.07 Å². The Hall–Kier alpha value is -1.85. The van der Waals surface area contributed by atoms with E-state index in [1.54, 1.807) is 6.07 Å². The van der Waals surface area contributed by atoms with Crippen LogP contribution in [0.4, 0.5) is 13.2 Å². The summed E-state index contributed by atoms with van der Waals surface area (Å²) in [6.45, 7) is 1.73. The maximum atomic E-state index is 14.7. The van der Waals surface area contributed by atoms with Gasteiger partial charge in [0.05, 0.1) is 13.2 Å². The minimum Gasteiger partial charge on any atom is -0.295 e. The molecule has 1 saturated carbocycles. The number of ether oxygens (including phenoxy) is 2. The van der Waals surface area contributed by atoms with Crippen LogP contribution in [0.25, 0.3) is 11.1 Å². The highest BCUT2D eigenvalue weighted by Gasteiger charge is 2.39. The number of hydrogen-bond donors (Lipinski definition) is 0. The van der Waals surface area contributed by atoms with Crippen molar-refractivity contribution in [2.24, 2.45) is 5.92 Å². The zero-order valence-corrected chi connectivity index (χ0v) is 17.4. The lowest BCUT2D eigenvalue weighted by Crippen LogP contribution is -2.36. The molecule has 5 heteroatoms. The summed E-state index contributed by atoms with van der Waals surface area (Å²) in [7, 11) is 0. The Morgan fingerprint density at radius 2 is 1.50 bits per heavy atom. The molecule has 1 aliphatic heterocycles. The highest BCUT2D eigenvalue weighted by atomic mass is 19.3. The Kier molecular flexibility index (Phi) is 6.49. The van der Waals surface area contributed by atoms with Gasteiger partial charge >= 0.3 is 6.29 Å². The maximum absolute atomic E-state index is 14.7. The molecule has 162 valence electrons. The average molecular weight is 418 g/mol. The molecule has 0 atom stereocenters. The normalized spacial score (nSPS) is 24.7. The highest BCUT2D eigenvalue weighted by molar-refractivity contribution is 5.64. The van der Waals surface area contributed by atoms with Crippen molar-refractivity contribution in [1.29, 1.82) is 0 Å². The molecule has 0 N–H and O–H groups in total. The van der Waals surface area contributed by atoms with E-state index in [0.717, 1.165) is 17.0 Å². The molecular weight excluding hydrogens is 389 g/mol. The molecule has 0 radical (unpaired) electrons. The van der Waals surface area contributed by atoms with Gasteiger partial charge in [-0.25, -0.2) is 4.39 Å². The van der Waals surface area contributed by atoms with Gasteiger partial charge in [0.1, 0.15) is 5.82 Å². The molecule has 1 saturated heterocycles. The fourth-order valence-corrected chi connectivity index (χ4v) is 4.84. The molecule has 1 heterocycles. The molecule has 2 nitrogen and oxygen atoms in total. The van der Waals surface area contributed by atoms with Crippen LogP contribution in [0, 0.1) is 11.7 Å². The van der Waals surface area contributed by atoms with Crippen molar-refractivity contribution in [2.75, 3.05) is 13.2 Å². The van der Waals surface area contributed by atoms with Crippen LogP contribution in [0.2, 0.25) is 0 Å². The zero-order valence-electron chi connectivity index (χ0n) is 17.4. The van der Waals surface area contributed by atoms with E-state index < -0.39 is 18.0 Å². The quantitative estimate of drug-likeness (QED) is 0.509. The fourth-order valence-electron chi connectivity index (χ4n) is 4.84. The maximum Gasteiger partial charge on any atom is 0.485 e. The van der Waals surface area contributed by atoms with Crippen molar-refractivity contribution in [3.05, 3.63) is 59.4 Å². The molecule has 2 aromatic carbocycles. The van der Waals surface area contributed by atoms with E-state index in [1.165, 1.54) is 50.2 Å². The second-order valence-electron chi connectivity index (χ2n) is 8.65. The number of hydrogen-bond acceptors (Lipinski definition) is 2. The van der Waals surface area contributed by atoms with Gasteiger partial charge in [-0.2, -0.15) is 0 Å². The van der Waals surface area contributed by atoms with Crippen molar-refractivity contribution in [1.82, 2.24) is 0 Å². The summed E-state index contributed by atoms with van der Waals surface area (Å²) in [5.41, 5.74) is 3.43. The van der Waals surface area contributed by atoms with Crippen LogP contribution in [-0.2, 0) is 9.47 Å². The van der Waals surface area contributed by atoms with Crippen LogP contribution in [0.5, 0.6) is 0 Å². The SMILES string of the molecule is CCCC1CCC(c2ccc(-c3ccc(C4COC(F)(F)OC4)c(F)c3)cc2)CC1. The fraction of sp³-hybridized carbons (Fsp3) is 0.520. The van der Waals surface area contributed by atoms with Gasteiger partial charge in [-0.05, 0) is 65.8 Å².